The molecule has 0 saturated heterocycles. The molecule has 0 aliphatic heterocycles. The number of aromatic nitrogens is 2. The lowest BCUT2D eigenvalue weighted by molar-refractivity contribution is 1.18. The van der Waals surface area contributed by atoms with Gasteiger partial charge >= 0.3 is 0 Å². The lowest BCUT2D eigenvalue weighted by Crippen LogP contribution is -1.98. The molecule has 48 heavy (non-hydrogen) atoms. The van der Waals surface area contributed by atoms with Crippen molar-refractivity contribution in [1.29, 1.82) is 5.26 Å². The van der Waals surface area contributed by atoms with E-state index in [0.29, 0.717) is 11.3 Å². The molecule has 7 aromatic carbocycles. The van der Waals surface area contributed by atoms with Crippen LogP contribution in [0.1, 0.15) is 5.56 Å². The van der Waals surface area contributed by atoms with Crippen molar-refractivity contribution in [2.75, 3.05) is 0 Å². The van der Waals surface area contributed by atoms with Crippen LogP contribution in [0.3, 0.4) is 0 Å². The van der Waals surface area contributed by atoms with E-state index in [9.17, 15) is 5.26 Å². The normalized spacial score (nSPS) is 11.3. The van der Waals surface area contributed by atoms with Gasteiger partial charge in [0.25, 0.3) is 0 Å². The second-order valence-corrected chi connectivity index (χ2v) is 11.9. The Labute approximate surface area is 277 Å². The number of fused-ring (bicyclic) bond motifs is 6. The number of nitrogens with zero attached hydrogens (tertiary/aromatic N) is 4. The maximum atomic E-state index is 10.5. The first-order chi connectivity index (χ1) is 23.7. The van der Waals surface area contributed by atoms with E-state index in [4.69, 9.17) is 6.57 Å². The molecule has 4 nitrogen and oxygen atoms in total. The standard InChI is InChI=1S/C44H26N4/c1-46-39-16-10-15-38-37-14-5-9-20-43(37)48(44(38)39)42-19-8-2-11-34(42)33-26-23-30(27-31(33)28-45)29-21-24-32(25-22-29)47-40-17-6-3-12-35(40)36-13-4-7-18-41(36)47/h2-27H. The molecule has 9 aromatic rings. The van der Waals surface area contributed by atoms with E-state index in [0.717, 1.165) is 55.4 Å². The minimum atomic E-state index is 0.595. The molecule has 0 N–H and O–H groups in total. The molecule has 0 radical (unpaired) electrons. The molecule has 0 unspecified atom stereocenters. The monoisotopic (exact) mass is 610 g/mol. The molecule has 9 rings (SSSR count). The highest BCUT2D eigenvalue weighted by atomic mass is 15.0. The molecule has 222 valence electrons. The highest BCUT2D eigenvalue weighted by molar-refractivity contribution is 6.14. The molecule has 0 aliphatic carbocycles. The van der Waals surface area contributed by atoms with Gasteiger partial charge in [0.15, 0.2) is 0 Å². The van der Waals surface area contributed by atoms with E-state index in [2.05, 4.69) is 135 Å². The van der Waals surface area contributed by atoms with Crippen molar-refractivity contribution in [2.24, 2.45) is 0 Å². The van der Waals surface area contributed by atoms with E-state index >= 15 is 0 Å². The first-order valence-electron chi connectivity index (χ1n) is 15.9. The van der Waals surface area contributed by atoms with Crippen LogP contribution in [0.15, 0.2) is 158 Å². The molecule has 0 fully saturated rings. The smallest absolute Gasteiger partial charge is 0.211 e. The number of para-hydroxylation sites is 5. The van der Waals surface area contributed by atoms with Crippen LogP contribution in [0.5, 0.6) is 0 Å². The van der Waals surface area contributed by atoms with Gasteiger partial charge in [0.05, 0.1) is 46.0 Å². The number of nitriles is 1. The first-order valence-corrected chi connectivity index (χ1v) is 15.9. The predicted octanol–water partition coefficient (Wildman–Crippen LogP) is 11.6. The van der Waals surface area contributed by atoms with Gasteiger partial charge in [0, 0.05) is 33.0 Å². The minimum Gasteiger partial charge on any atom is -0.318 e. The summed E-state index contributed by atoms with van der Waals surface area (Å²) in [6, 6.07) is 56.5. The molecule has 0 atom stereocenters. The Morgan fingerprint density at radius 1 is 0.500 bits per heavy atom. The topological polar surface area (TPSA) is 38.0 Å². The van der Waals surface area contributed by atoms with E-state index in [-0.39, 0.29) is 0 Å². The Balaban J connectivity index is 1.16. The molecule has 2 aromatic heterocycles. The molecule has 0 saturated carbocycles. The van der Waals surface area contributed by atoms with Crippen molar-refractivity contribution in [2.45, 2.75) is 0 Å². The van der Waals surface area contributed by atoms with Crippen LogP contribution in [0.25, 0.3) is 82.1 Å². The van der Waals surface area contributed by atoms with Crippen LogP contribution in [0.4, 0.5) is 5.69 Å². The number of hydrogen-bond donors (Lipinski definition) is 0. The maximum Gasteiger partial charge on any atom is 0.211 e. The van der Waals surface area contributed by atoms with Crippen LogP contribution < -0.4 is 0 Å². The van der Waals surface area contributed by atoms with Crippen LogP contribution >= 0.6 is 0 Å². The number of benzene rings is 7. The van der Waals surface area contributed by atoms with Crippen molar-refractivity contribution in [3.8, 4) is 39.7 Å². The SMILES string of the molecule is [C-]#[N+]c1cccc2c3ccccc3n(-c3ccccc3-c3ccc(-c4ccc(-n5c6ccccc6c6ccccc65)cc4)cc3C#N)c12. The third-order valence-electron chi connectivity index (χ3n) is 9.41. The van der Waals surface area contributed by atoms with Gasteiger partial charge in [-0.05, 0) is 59.0 Å². The fourth-order valence-electron chi connectivity index (χ4n) is 7.29. The second kappa shape index (κ2) is 10.9. The van der Waals surface area contributed by atoms with Crippen LogP contribution in [0, 0.1) is 17.9 Å². The Kier molecular flexibility index (Phi) is 6.22. The minimum absolute atomic E-state index is 0.595. The van der Waals surface area contributed by atoms with Gasteiger partial charge in [0.1, 0.15) is 0 Å². The molecule has 0 spiro atoms. The lowest BCUT2D eigenvalue weighted by Gasteiger charge is -2.16. The summed E-state index contributed by atoms with van der Waals surface area (Å²) < 4.78 is 4.49. The Morgan fingerprint density at radius 2 is 1.06 bits per heavy atom. The fourth-order valence-corrected chi connectivity index (χ4v) is 7.29. The summed E-state index contributed by atoms with van der Waals surface area (Å²) in [6.45, 7) is 7.94. The van der Waals surface area contributed by atoms with Crippen molar-refractivity contribution in [1.82, 2.24) is 9.13 Å². The van der Waals surface area contributed by atoms with Gasteiger partial charge in [-0.25, -0.2) is 4.85 Å². The zero-order chi connectivity index (χ0) is 32.2. The first kappa shape index (κ1) is 27.4. The Bertz CT molecular complexity index is 2750. The fraction of sp³-hybridized carbons (Fsp3) is 0. The number of rotatable bonds is 4. The highest BCUT2D eigenvalue weighted by Crippen LogP contribution is 2.41. The van der Waals surface area contributed by atoms with E-state index < -0.39 is 0 Å². The van der Waals surface area contributed by atoms with E-state index in [1.807, 2.05) is 42.5 Å². The zero-order valence-electron chi connectivity index (χ0n) is 25.8. The van der Waals surface area contributed by atoms with Gasteiger partial charge in [-0.15, -0.1) is 0 Å². The van der Waals surface area contributed by atoms with E-state index in [1.165, 1.54) is 21.8 Å². The Hall–Kier alpha value is -6.88. The highest BCUT2D eigenvalue weighted by Gasteiger charge is 2.19. The summed E-state index contributed by atoms with van der Waals surface area (Å²) in [5.41, 5.74) is 11.3. The van der Waals surface area contributed by atoms with Crippen molar-refractivity contribution < 1.29 is 0 Å². The molecule has 2 heterocycles. The molecule has 4 heteroatoms. The predicted molar refractivity (Wildman–Crippen MR) is 197 cm³/mol. The average molecular weight is 611 g/mol. The summed E-state index contributed by atoms with van der Waals surface area (Å²) in [4.78, 5) is 3.89. The van der Waals surface area contributed by atoms with Crippen LogP contribution in [0.2, 0.25) is 0 Å². The lowest BCUT2D eigenvalue weighted by atomic mass is 9.94. The van der Waals surface area contributed by atoms with Gasteiger partial charge in [-0.3, -0.25) is 0 Å². The van der Waals surface area contributed by atoms with Crippen LogP contribution in [-0.4, -0.2) is 9.13 Å². The summed E-state index contributed by atoms with van der Waals surface area (Å²) in [5.74, 6) is 0. The summed E-state index contributed by atoms with van der Waals surface area (Å²) in [5, 5.41) is 15.1. The molecule has 0 bridgehead atoms. The van der Waals surface area contributed by atoms with Gasteiger partial charge < -0.3 is 9.13 Å². The second-order valence-electron chi connectivity index (χ2n) is 11.9. The average Bonchev–Trinajstić information content (AvgIpc) is 3.68. The van der Waals surface area contributed by atoms with Crippen molar-refractivity contribution >= 4 is 49.3 Å². The Morgan fingerprint density at radius 3 is 1.73 bits per heavy atom. The summed E-state index contributed by atoms with van der Waals surface area (Å²) in [7, 11) is 0. The zero-order valence-corrected chi connectivity index (χ0v) is 25.8. The number of hydrogen-bond acceptors (Lipinski definition) is 1. The third-order valence-corrected chi connectivity index (χ3v) is 9.41. The maximum absolute atomic E-state index is 10.5. The van der Waals surface area contributed by atoms with Gasteiger partial charge in [0.2, 0.25) is 5.69 Å². The molecule has 0 amide bonds. The molecular formula is C44H26N4. The van der Waals surface area contributed by atoms with Crippen molar-refractivity contribution in [3.05, 3.63) is 175 Å². The van der Waals surface area contributed by atoms with E-state index in [1.54, 1.807) is 0 Å². The quantitative estimate of drug-likeness (QED) is 0.183. The summed E-state index contributed by atoms with van der Waals surface area (Å²) in [6.07, 6.45) is 0. The molecule has 0 aliphatic rings. The molecular weight excluding hydrogens is 585 g/mol. The third kappa shape index (κ3) is 4.07. The van der Waals surface area contributed by atoms with Gasteiger partial charge in [-0.2, -0.15) is 5.26 Å². The largest absolute Gasteiger partial charge is 0.318 e. The summed E-state index contributed by atoms with van der Waals surface area (Å²) >= 11 is 0. The van der Waals surface area contributed by atoms with Gasteiger partial charge in [-0.1, -0.05) is 115 Å². The van der Waals surface area contributed by atoms with Crippen molar-refractivity contribution in [3.63, 3.8) is 0 Å². The van der Waals surface area contributed by atoms with Crippen LogP contribution in [-0.2, 0) is 0 Å².